The molecule has 0 spiro atoms. The van der Waals surface area contributed by atoms with Crippen LogP contribution in [-0.4, -0.2) is 20.2 Å². The highest BCUT2D eigenvalue weighted by atomic mass is 16.4. The molecule has 0 aliphatic heterocycles. The number of nitrogens with zero attached hydrogens (tertiary/aromatic N) is 4. The Morgan fingerprint density at radius 3 is 2.37 bits per heavy atom. The van der Waals surface area contributed by atoms with E-state index in [1.54, 1.807) is 0 Å². The van der Waals surface area contributed by atoms with Gasteiger partial charge in [-0.2, -0.15) is 0 Å². The van der Waals surface area contributed by atoms with Gasteiger partial charge in [-0.15, -0.1) is 10.2 Å². The molecule has 0 aliphatic carbocycles. The van der Waals surface area contributed by atoms with Gasteiger partial charge in [-0.1, -0.05) is 42.5 Å². The maximum Gasteiger partial charge on any atom is 0.286 e. The van der Waals surface area contributed by atoms with Crippen LogP contribution in [0.4, 0.5) is 11.5 Å². The fourth-order valence-electron chi connectivity index (χ4n) is 3.29. The third-order valence-electron chi connectivity index (χ3n) is 5.10. The van der Waals surface area contributed by atoms with Gasteiger partial charge in [-0.3, -0.25) is 0 Å². The van der Waals surface area contributed by atoms with Crippen LogP contribution in [0.2, 0.25) is 0 Å². The van der Waals surface area contributed by atoms with Gasteiger partial charge in [-0.25, -0.2) is 9.97 Å². The minimum absolute atomic E-state index is 0.281. The molecule has 1 N–H and O–H groups in total. The highest BCUT2D eigenvalue weighted by Gasteiger charge is 2.16. The molecule has 0 atom stereocenters. The molecule has 2 aromatic heterocycles. The van der Waals surface area contributed by atoms with Crippen LogP contribution in [0.25, 0.3) is 34.1 Å². The fraction of sp³-hybridized carbons (Fsp3) is 0.0833. The van der Waals surface area contributed by atoms with Gasteiger partial charge < -0.3 is 9.73 Å². The summed E-state index contributed by atoms with van der Waals surface area (Å²) < 4.78 is 5.88. The molecule has 0 saturated heterocycles. The van der Waals surface area contributed by atoms with Gasteiger partial charge >= 0.3 is 0 Å². The van der Waals surface area contributed by atoms with Gasteiger partial charge in [0.25, 0.3) is 5.89 Å². The lowest BCUT2D eigenvalue weighted by molar-refractivity contribution is 0.579. The van der Waals surface area contributed by atoms with Crippen molar-refractivity contribution in [3.8, 4) is 23.2 Å². The van der Waals surface area contributed by atoms with E-state index in [1.807, 2.05) is 66.7 Å². The third-order valence-corrected chi connectivity index (χ3v) is 5.10. The first-order chi connectivity index (χ1) is 14.7. The molecule has 5 rings (SSSR count). The maximum atomic E-state index is 5.88. The average Bonchev–Trinajstić information content (AvgIpc) is 3.28. The molecule has 0 fully saturated rings. The van der Waals surface area contributed by atoms with Gasteiger partial charge in [0.15, 0.2) is 0 Å². The van der Waals surface area contributed by atoms with Crippen molar-refractivity contribution >= 4 is 22.4 Å². The van der Waals surface area contributed by atoms with E-state index in [0.717, 1.165) is 22.2 Å². The zero-order valence-electron chi connectivity index (χ0n) is 16.6. The number of anilines is 2. The highest BCUT2D eigenvalue weighted by Crippen LogP contribution is 2.29. The maximum absolute atomic E-state index is 5.88. The van der Waals surface area contributed by atoms with Crippen molar-refractivity contribution in [2.45, 2.75) is 13.8 Å². The summed E-state index contributed by atoms with van der Waals surface area (Å²) >= 11 is 0. The Morgan fingerprint density at radius 1 is 0.733 bits per heavy atom. The van der Waals surface area contributed by atoms with Crippen LogP contribution in [-0.2, 0) is 0 Å². The van der Waals surface area contributed by atoms with E-state index in [9.17, 15) is 0 Å². The van der Waals surface area contributed by atoms with E-state index in [1.165, 1.54) is 11.1 Å². The van der Waals surface area contributed by atoms with Crippen molar-refractivity contribution in [1.29, 1.82) is 0 Å². The predicted molar refractivity (Wildman–Crippen MR) is 117 cm³/mol. The Morgan fingerprint density at radius 2 is 1.50 bits per heavy atom. The molecule has 146 valence electrons. The van der Waals surface area contributed by atoms with E-state index >= 15 is 0 Å². The Hall–Kier alpha value is -4.06. The minimum atomic E-state index is 0.281. The SMILES string of the molecule is Cc1cccc(Nc2nc(-c3nnc(-c4ccccc4)o3)nc3ccccc23)c1C. The van der Waals surface area contributed by atoms with E-state index in [-0.39, 0.29) is 5.89 Å². The van der Waals surface area contributed by atoms with Gasteiger partial charge in [0.1, 0.15) is 5.82 Å². The van der Waals surface area contributed by atoms with Gasteiger partial charge in [0.05, 0.1) is 5.52 Å². The second-order valence-electron chi connectivity index (χ2n) is 7.06. The Kier molecular flexibility index (Phi) is 4.44. The summed E-state index contributed by atoms with van der Waals surface area (Å²) in [5.74, 6) is 1.80. The zero-order valence-corrected chi connectivity index (χ0v) is 16.6. The summed E-state index contributed by atoms with van der Waals surface area (Å²) in [6.45, 7) is 4.18. The first-order valence-electron chi connectivity index (χ1n) is 9.68. The molecular weight excluding hydrogens is 374 g/mol. The normalized spacial score (nSPS) is 11.0. The molecule has 3 aromatic carbocycles. The van der Waals surface area contributed by atoms with Crippen molar-refractivity contribution in [2.24, 2.45) is 0 Å². The second kappa shape index (κ2) is 7.40. The highest BCUT2D eigenvalue weighted by molar-refractivity contribution is 5.92. The summed E-state index contributed by atoms with van der Waals surface area (Å²) in [7, 11) is 0. The largest absolute Gasteiger partial charge is 0.413 e. The summed E-state index contributed by atoms with van der Waals surface area (Å²) in [6.07, 6.45) is 0. The number of hydrogen-bond acceptors (Lipinski definition) is 6. The number of para-hydroxylation sites is 1. The fourth-order valence-corrected chi connectivity index (χ4v) is 3.29. The molecule has 5 aromatic rings. The number of aromatic nitrogens is 4. The summed E-state index contributed by atoms with van der Waals surface area (Å²) in [5.41, 5.74) is 5.04. The predicted octanol–water partition coefficient (Wildman–Crippen LogP) is 5.71. The lowest BCUT2D eigenvalue weighted by atomic mass is 10.1. The Balaban J connectivity index is 1.61. The molecule has 0 aliphatic rings. The second-order valence-corrected chi connectivity index (χ2v) is 7.06. The van der Waals surface area contributed by atoms with Crippen LogP contribution in [0.3, 0.4) is 0 Å². The number of benzene rings is 3. The number of aryl methyl sites for hydroxylation is 1. The molecule has 2 heterocycles. The molecule has 6 nitrogen and oxygen atoms in total. The van der Waals surface area contributed by atoms with E-state index < -0.39 is 0 Å². The van der Waals surface area contributed by atoms with Crippen molar-refractivity contribution < 1.29 is 4.42 Å². The van der Waals surface area contributed by atoms with E-state index in [4.69, 9.17) is 9.40 Å². The summed E-state index contributed by atoms with van der Waals surface area (Å²) in [6, 6.07) is 23.7. The molecular formula is C24H19N5O. The van der Waals surface area contributed by atoms with Gasteiger partial charge in [0.2, 0.25) is 11.7 Å². The quantitative estimate of drug-likeness (QED) is 0.422. The summed E-state index contributed by atoms with van der Waals surface area (Å²) in [4.78, 5) is 9.37. The molecule has 0 saturated carbocycles. The Labute approximate surface area is 173 Å². The molecule has 0 bridgehead atoms. The minimum Gasteiger partial charge on any atom is -0.413 e. The molecule has 6 heteroatoms. The van der Waals surface area contributed by atoms with Crippen LogP contribution in [0.5, 0.6) is 0 Å². The van der Waals surface area contributed by atoms with Crippen molar-refractivity contribution in [1.82, 2.24) is 20.2 Å². The molecule has 0 radical (unpaired) electrons. The van der Waals surface area contributed by atoms with Crippen LogP contribution in [0.1, 0.15) is 11.1 Å². The van der Waals surface area contributed by atoms with Crippen molar-refractivity contribution in [2.75, 3.05) is 5.32 Å². The number of rotatable bonds is 4. The molecule has 30 heavy (non-hydrogen) atoms. The van der Waals surface area contributed by atoms with Crippen LogP contribution in [0.15, 0.2) is 77.2 Å². The summed E-state index contributed by atoms with van der Waals surface area (Å²) in [5, 5.41) is 12.7. The van der Waals surface area contributed by atoms with Gasteiger partial charge in [0, 0.05) is 16.6 Å². The van der Waals surface area contributed by atoms with Gasteiger partial charge in [-0.05, 0) is 55.3 Å². The third kappa shape index (κ3) is 3.28. The topological polar surface area (TPSA) is 76.7 Å². The van der Waals surface area contributed by atoms with E-state index in [0.29, 0.717) is 17.5 Å². The lowest BCUT2D eigenvalue weighted by Crippen LogP contribution is -2.01. The van der Waals surface area contributed by atoms with E-state index in [2.05, 4.69) is 40.4 Å². The first kappa shape index (κ1) is 18.0. The first-order valence-corrected chi connectivity index (χ1v) is 9.68. The number of nitrogens with one attached hydrogen (secondary N) is 1. The smallest absolute Gasteiger partial charge is 0.286 e. The van der Waals surface area contributed by atoms with Crippen LogP contribution in [0, 0.1) is 13.8 Å². The number of hydrogen-bond donors (Lipinski definition) is 1. The Bertz CT molecular complexity index is 1340. The van der Waals surface area contributed by atoms with Crippen molar-refractivity contribution in [3.05, 3.63) is 83.9 Å². The van der Waals surface area contributed by atoms with Crippen LogP contribution < -0.4 is 5.32 Å². The standard InChI is InChI=1S/C24H19N5O/c1-15-9-8-14-19(16(15)2)25-21-18-12-6-7-13-20(18)26-22(27-21)24-29-28-23(30-24)17-10-4-3-5-11-17/h3-14H,1-2H3,(H,25,26,27). The zero-order chi connectivity index (χ0) is 20.5. The molecule has 0 unspecified atom stereocenters. The van der Waals surface area contributed by atoms with Crippen molar-refractivity contribution in [3.63, 3.8) is 0 Å². The monoisotopic (exact) mass is 393 g/mol. The average molecular weight is 393 g/mol. The molecule has 0 amide bonds. The van der Waals surface area contributed by atoms with Crippen LogP contribution >= 0.6 is 0 Å². The number of fused-ring (bicyclic) bond motifs is 1. The lowest BCUT2D eigenvalue weighted by Gasteiger charge is -2.13.